The summed E-state index contributed by atoms with van der Waals surface area (Å²) in [4.78, 5) is 17.2. The second-order valence-electron chi connectivity index (χ2n) is 5.16. The summed E-state index contributed by atoms with van der Waals surface area (Å²) in [5.74, 6) is 0.302. The largest absolute Gasteiger partial charge is 0.490 e. The minimum atomic E-state index is -0.323. The number of aromatic nitrogens is 2. The van der Waals surface area contributed by atoms with E-state index in [0.29, 0.717) is 40.6 Å². The Hall–Kier alpha value is -3.33. The van der Waals surface area contributed by atoms with Crippen molar-refractivity contribution in [1.82, 2.24) is 9.38 Å². The highest BCUT2D eigenvalue weighted by atomic mass is 16.5. The van der Waals surface area contributed by atoms with Gasteiger partial charge in [-0.05, 0) is 38.1 Å². The highest BCUT2D eigenvalue weighted by molar-refractivity contribution is 6.05. The molecular weight excluding hydrogens is 304 g/mol. The number of amides is 1. The molecule has 0 fully saturated rings. The van der Waals surface area contributed by atoms with E-state index < -0.39 is 0 Å². The van der Waals surface area contributed by atoms with Crippen LogP contribution in [-0.2, 0) is 0 Å². The van der Waals surface area contributed by atoms with Crippen LogP contribution in [0.4, 0.5) is 5.69 Å². The number of benzene rings is 1. The molecule has 0 atom stereocenters. The third-order valence-corrected chi connectivity index (χ3v) is 3.60. The third kappa shape index (κ3) is 2.68. The van der Waals surface area contributed by atoms with E-state index in [-0.39, 0.29) is 5.91 Å². The van der Waals surface area contributed by atoms with Crippen molar-refractivity contribution >= 4 is 17.2 Å². The molecule has 0 unspecified atom stereocenters. The molecule has 0 bridgehead atoms. The maximum Gasteiger partial charge on any atom is 0.274 e. The monoisotopic (exact) mass is 320 g/mol. The summed E-state index contributed by atoms with van der Waals surface area (Å²) in [6.45, 7) is 4.18. The minimum Gasteiger partial charge on any atom is -0.490 e. The summed E-state index contributed by atoms with van der Waals surface area (Å²) < 4.78 is 7.26. The van der Waals surface area contributed by atoms with E-state index in [4.69, 9.17) is 10.00 Å². The number of aryl methyl sites for hydroxylation is 1. The van der Waals surface area contributed by atoms with E-state index in [2.05, 4.69) is 16.4 Å². The van der Waals surface area contributed by atoms with Crippen molar-refractivity contribution in [1.29, 1.82) is 5.26 Å². The van der Waals surface area contributed by atoms with Crippen LogP contribution in [0.5, 0.6) is 5.75 Å². The number of anilines is 1. The summed E-state index contributed by atoms with van der Waals surface area (Å²) >= 11 is 0. The lowest BCUT2D eigenvalue weighted by Gasteiger charge is -2.08. The SMILES string of the molecule is CCOc1cccn2c(C(=O)Nc3ccccc3C#N)c(C)nc12. The average molecular weight is 320 g/mol. The number of hydrogen-bond acceptors (Lipinski definition) is 4. The van der Waals surface area contributed by atoms with E-state index in [1.54, 1.807) is 47.9 Å². The van der Waals surface area contributed by atoms with Crippen molar-refractivity contribution in [3.63, 3.8) is 0 Å². The lowest BCUT2D eigenvalue weighted by atomic mass is 10.2. The molecule has 2 heterocycles. The van der Waals surface area contributed by atoms with Crippen LogP contribution in [-0.4, -0.2) is 21.9 Å². The lowest BCUT2D eigenvalue weighted by Crippen LogP contribution is -2.16. The van der Waals surface area contributed by atoms with E-state index >= 15 is 0 Å². The highest BCUT2D eigenvalue weighted by Crippen LogP contribution is 2.23. The van der Waals surface area contributed by atoms with Crippen molar-refractivity contribution in [2.45, 2.75) is 13.8 Å². The molecule has 120 valence electrons. The van der Waals surface area contributed by atoms with Gasteiger partial charge >= 0.3 is 0 Å². The molecule has 2 aromatic heterocycles. The van der Waals surface area contributed by atoms with Gasteiger partial charge < -0.3 is 10.1 Å². The molecule has 3 rings (SSSR count). The van der Waals surface area contributed by atoms with Gasteiger partial charge in [0.2, 0.25) is 0 Å². The summed E-state index contributed by atoms with van der Waals surface area (Å²) in [6, 6.07) is 12.6. The van der Waals surface area contributed by atoms with Crippen LogP contribution in [0.1, 0.15) is 28.7 Å². The first kappa shape index (κ1) is 15.6. The van der Waals surface area contributed by atoms with E-state index in [1.165, 1.54) is 0 Å². The Morgan fingerprint density at radius 2 is 2.12 bits per heavy atom. The van der Waals surface area contributed by atoms with Crippen molar-refractivity contribution in [2.75, 3.05) is 11.9 Å². The fraction of sp³-hybridized carbons (Fsp3) is 0.167. The van der Waals surface area contributed by atoms with Gasteiger partial charge in [-0.1, -0.05) is 12.1 Å². The van der Waals surface area contributed by atoms with Crippen molar-refractivity contribution in [3.8, 4) is 11.8 Å². The number of rotatable bonds is 4. The molecule has 24 heavy (non-hydrogen) atoms. The number of imidazole rings is 1. The molecule has 1 amide bonds. The van der Waals surface area contributed by atoms with E-state index in [9.17, 15) is 4.79 Å². The lowest BCUT2D eigenvalue weighted by molar-refractivity contribution is 0.102. The van der Waals surface area contributed by atoms with Crippen molar-refractivity contribution in [2.24, 2.45) is 0 Å². The number of fused-ring (bicyclic) bond motifs is 1. The van der Waals surface area contributed by atoms with Gasteiger partial charge in [-0.25, -0.2) is 4.98 Å². The van der Waals surface area contributed by atoms with Gasteiger partial charge in [-0.3, -0.25) is 9.20 Å². The molecule has 0 saturated carbocycles. The van der Waals surface area contributed by atoms with Crippen LogP contribution in [0.15, 0.2) is 42.6 Å². The Labute approximate surface area is 139 Å². The minimum absolute atomic E-state index is 0.323. The van der Waals surface area contributed by atoms with Crippen LogP contribution in [0, 0.1) is 18.3 Å². The number of pyridine rings is 1. The molecule has 0 saturated heterocycles. The fourth-order valence-electron chi connectivity index (χ4n) is 2.57. The zero-order valence-electron chi connectivity index (χ0n) is 13.4. The first-order valence-electron chi connectivity index (χ1n) is 7.56. The molecule has 0 radical (unpaired) electrons. The number of nitriles is 1. The average Bonchev–Trinajstić information content (AvgIpc) is 2.92. The Morgan fingerprint density at radius 3 is 2.88 bits per heavy atom. The normalized spacial score (nSPS) is 10.4. The van der Waals surface area contributed by atoms with Crippen LogP contribution in [0.2, 0.25) is 0 Å². The molecular formula is C18H16N4O2. The second-order valence-corrected chi connectivity index (χ2v) is 5.16. The summed E-state index contributed by atoms with van der Waals surface area (Å²) in [5, 5.41) is 11.9. The molecule has 6 nitrogen and oxygen atoms in total. The Morgan fingerprint density at radius 1 is 1.33 bits per heavy atom. The van der Waals surface area contributed by atoms with Crippen LogP contribution in [0.3, 0.4) is 0 Å². The molecule has 0 aliphatic heterocycles. The first-order valence-corrected chi connectivity index (χ1v) is 7.56. The molecule has 0 aliphatic rings. The maximum absolute atomic E-state index is 12.7. The van der Waals surface area contributed by atoms with Gasteiger partial charge in [-0.2, -0.15) is 5.26 Å². The summed E-state index contributed by atoms with van der Waals surface area (Å²) in [6.07, 6.45) is 1.77. The quantitative estimate of drug-likeness (QED) is 0.801. The number of nitrogens with zero attached hydrogens (tertiary/aromatic N) is 3. The van der Waals surface area contributed by atoms with Crippen molar-refractivity contribution < 1.29 is 9.53 Å². The van der Waals surface area contributed by atoms with Gasteiger partial charge in [-0.15, -0.1) is 0 Å². The molecule has 0 spiro atoms. The maximum atomic E-state index is 12.7. The molecule has 0 aliphatic carbocycles. The van der Waals surface area contributed by atoms with E-state index in [1.807, 2.05) is 13.0 Å². The van der Waals surface area contributed by atoms with Gasteiger partial charge in [0.1, 0.15) is 11.8 Å². The van der Waals surface area contributed by atoms with E-state index in [0.717, 1.165) is 0 Å². The molecule has 1 aromatic carbocycles. The number of carbonyl (C=O) groups excluding carboxylic acids is 1. The standard InChI is InChI=1S/C18H16N4O2/c1-3-24-15-9-6-10-22-16(12(2)20-17(15)22)18(23)21-14-8-5-4-7-13(14)11-19/h4-10H,3H2,1-2H3,(H,21,23). The molecule has 6 heteroatoms. The van der Waals surface area contributed by atoms with Crippen LogP contribution in [0.25, 0.3) is 5.65 Å². The van der Waals surface area contributed by atoms with Gasteiger partial charge in [0.25, 0.3) is 5.91 Å². The van der Waals surface area contributed by atoms with Gasteiger partial charge in [0.05, 0.1) is 23.6 Å². The second kappa shape index (κ2) is 6.42. The Kier molecular flexibility index (Phi) is 4.17. The fourth-order valence-corrected chi connectivity index (χ4v) is 2.57. The summed E-state index contributed by atoms with van der Waals surface area (Å²) in [7, 11) is 0. The smallest absolute Gasteiger partial charge is 0.274 e. The highest BCUT2D eigenvalue weighted by Gasteiger charge is 2.19. The first-order chi connectivity index (χ1) is 11.7. The predicted molar refractivity (Wildman–Crippen MR) is 90.2 cm³/mol. The molecule has 3 aromatic rings. The number of para-hydroxylation sites is 1. The predicted octanol–water partition coefficient (Wildman–Crippen LogP) is 3.17. The van der Waals surface area contributed by atoms with Gasteiger partial charge in [0.15, 0.2) is 11.4 Å². The zero-order chi connectivity index (χ0) is 17.1. The Bertz CT molecular complexity index is 953. The number of nitrogens with one attached hydrogen (secondary N) is 1. The van der Waals surface area contributed by atoms with Crippen LogP contribution >= 0.6 is 0 Å². The number of carbonyl (C=O) groups is 1. The van der Waals surface area contributed by atoms with Crippen molar-refractivity contribution in [3.05, 3.63) is 59.5 Å². The number of hydrogen-bond donors (Lipinski definition) is 1. The third-order valence-electron chi connectivity index (χ3n) is 3.60. The topological polar surface area (TPSA) is 79.4 Å². The van der Waals surface area contributed by atoms with Crippen LogP contribution < -0.4 is 10.1 Å². The Balaban J connectivity index is 2.03. The zero-order valence-corrected chi connectivity index (χ0v) is 13.4. The van der Waals surface area contributed by atoms with Gasteiger partial charge in [0, 0.05) is 6.20 Å². The number of ether oxygens (including phenoxy) is 1. The molecule has 1 N–H and O–H groups in total. The summed E-state index contributed by atoms with van der Waals surface area (Å²) in [5.41, 5.74) is 2.48.